The van der Waals surface area contributed by atoms with Gasteiger partial charge in [-0.3, -0.25) is 4.79 Å². The molecule has 0 radical (unpaired) electrons. The van der Waals surface area contributed by atoms with Gasteiger partial charge in [0.05, 0.1) is 5.41 Å². The first-order chi connectivity index (χ1) is 17.1. The Morgan fingerprint density at radius 1 is 0.684 bits per heavy atom. The SMILES string of the molecule is CCC(CC(C)(C)CC(C)(C)C=CC(C)(C)CC(C)C)CC(C)(CC)C(=O)OCC=CC(C)(C)CC(C)C. The highest BCUT2D eigenvalue weighted by Crippen LogP contribution is 2.44. The van der Waals surface area contributed by atoms with Gasteiger partial charge in [0.25, 0.3) is 0 Å². The molecule has 0 aromatic rings. The van der Waals surface area contributed by atoms with Crippen LogP contribution in [0.15, 0.2) is 24.3 Å². The summed E-state index contributed by atoms with van der Waals surface area (Å²) < 4.78 is 5.81. The molecule has 2 atom stereocenters. The lowest BCUT2D eigenvalue weighted by Crippen LogP contribution is -2.33. The molecule has 0 heterocycles. The average Bonchev–Trinajstić information content (AvgIpc) is 2.72. The van der Waals surface area contributed by atoms with Crippen molar-refractivity contribution in [2.75, 3.05) is 6.61 Å². The Bertz CT molecular complexity index is 747. The van der Waals surface area contributed by atoms with Gasteiger partial charge in [-0.1, -0.05) is 128 Å². The van der Waals surface area contributed by atoms with Crippen molar-refractivity contribution >= 4 is 5.97 Å². The van der Waals surface area contributed by atoms with Crippen LogP contribution in [0.1, 0.15) is 149 Å². The van der Waals surface area contributed by atoms with E-state index in [9.17, 15) is 4.79 Å². The molecule has 2 nitrogen and oxygen atoms in total. The first-order valence-electron chi connectivity index (χ1n) is 15.6. The molecule has 0 rings (SSSR count). The zero-order chi connectivity index (χ0) is 30.0. The van der Waals surface area contributed by atoms with Gasteiger partial charge in [0.1, 0.15) is 6.61 Å². The van der Waals surface area contributed by atoms with Crippen molar-refractivity contribution in [3.8, 4) is 0 Å². The zero-order valence-corrected chi connectivity index (χ0v) is 28.5. The Balaban J connectivity index is 5.25. The maximum atomic E-state index is 13.2. The minimum Gasteiger partial charge on any atom is -0.461 e. The van der Waals surface area contributed by atoms with Crippen molar-refractivity contribution in [1.82, 2.24) is 0 Å². The van der Waals surface area contributed by atoms with E-state index in [1.807, 2.05) is 6.08 Å². The van der Waals surface area contributed by atoms with Crippen LogP contribution in [-0.4, -0.2) is 12.6 Å². The number of hydrogen-bond donors (Lipinski definition) is 0. The van der Waals surface area contributed by atoms with Crippen molar-refractivity contribution in [2.45, 2.75) is 149 Å². The smallest absolute Gasteiger partial charge is 0.312 e. The standard InChI is InChI=1S/C36H68O2/c1-16-30(25-35(13,14)27-34(11,12)21-20-33(9,10)24-29(5)6)26-36(15,17-2)31(37)38-22-18-19-32(7,8)23-28(3)4/h18-21,28-30H,16-17,22-27H2,1-15H3. The summed E-state index contributed by atoms with van der Waals surface area (Å²) in [7, 11) is 0. The van der Waals surface area contributed by atoms with Gasteiger partial charge in [-0.25, -0.2) is 0 Å². The van der Waals surface area contributed by atoms with Gasteiger partial charge in [0.2, 0.25) is 0 Å². The normalized spacial score (nSPS) is 16.6. The van der Waals surface area contributed by atoms with Crippen molar-refractivity contribution in [3.05, 3.63) is 24.3 Å². The van der Waals surface area contributed by atoms with E-state index in [1.165, 1.54) is 6.42 Å². The molecule has 0 spiro atoms. The van der Waals surface area contributed by atoms with Crippen LogP contribution < -0.4 is 0 Å². The Kier molecular flexibility index (Phi) is 14.7. The fourth-order valence-corrected chi connectivity index (χ4v) is 6.87. The average molecular weight is 533 g/mol. The summed E-state index contributed by atoms with van der Waals surface area (Å²) in [4.78, 5) is 13.2. The van der Waals surface area contributed by atoms with Crippen LogP contribution in [0.3, 0.4) is 0 Å². The third-order valence-corrected chi connectivity index (χ3v) is 8.10. The highest BCUT2D eigenvalue weighted by molar-refractivity contribution is 5.76. The van der Waals surface area contributed by atoms with Gasteiger partial charge in [-0.15, -0.1) is 0 Å². The molecule has 0 aromatic heterocycles. The van der Waals surface area contributed by atoms with Crippen LogP contribution in [0.25, 0.3) is 0 Å². The van der Waals surface area contributed by atoms with Gasteiger partial charge in [0, 0.05) is 0 Å². The molecular weight excluding hydrogens is 464 g/mol. The Hall–Kier alpha value is -1.05. The molecule has 0 saturated heterocycles. The minimum atomic E-state index is -0.436. The fraction of sp³-hybridized carbons (Fsp3) is 0.861. The highest BCUT2D eigenvalue weighted by Gasteiger charge is 2.38. The molecule has 0 N–H and O–H groups in total. The topological polar surface area (TPSA) is 26.3 Å². The summed E-state index contributed by atoms with van der Waals surface area (Å²) in [6.45, 7) is 34.8. The molecule has 0 saturated carbocycles. The van der Waals surface area contributed by atoms with E-state index in [4.69, 9.17) is 4.74 Å². The lowest BCUT2D eigenvalue weighted by molar-refractivity contribution is -0.155. The number of hydrogen-bond acceptors (Lipinski definition) is 2. The monoisotopic (exact) mass is 533 g/mol. The quantitative estimate of drug-likeness (QED) is 0.130. The summed E-state index contributed by atoms with van der Waals surface area (Å²) >= 11 is 0. The number of esters is 1. The molecular formula is C36H68O2. The maximum Gasteiger partial charge on any atom is 0.312 e. The Morgan fingerprint density at radius 3 is 1.61 bits per heavy atom. The summed E-state index contributed by atoms with van der Waals surface area (Å²) in [5.41, 5.74) is 0.248. The molecule has 2 unspecified atom stereocenters. The van der Waals surface area contributed by atoms with Gasteiger partial charge >= 0.3 is 5.97 Å². The lowest BCUT2D eigenvalue weighted by Gasteiger charge is -2.38. The molecule has 0 aromatic carbocycles. The molecule has 0 amide bonds. The first-order valence-corrected chi connectivity index (χ1v) is 15.6. The van der Waals surface area contributed by atoms with E-state index in [1.54, 1.807) is 0 Å². The van der Waals surface area contributed by atoms with Crippen LogP contribution in [0.2, 0.25) is 0 Å². The maximum absolute atomic E-state index is 13.2. The molecule has 224 valence electrons. The number of allylic oxidation sites excluding steroid dienone is 3. The van der Waals surface area contributed by atoms with Crippen LogP contribution in [0.4, 0.5) is 0 Å². The van der Waals surface area contributed by atoms with Crippen LogP contribution in [0.5, 0.6) is 0 Å². The second-order valence-electron chi connectivity index (χ2n) is 16.4. The molecule has 38 heavy (non-hydrogen) atoms. The molecule has 0 aliphatic carbocycles. The van der Waals surface area contributed by atoms with Crippen LogP contribution >= 0.6 is 0 Å². The third-order valence-electron chi connectivity index (χ3n) is 8.10. The second kappa shape index (κ2) is 15.1. The van der Waals surface area contributed by atoms with Crippen LogP contribution in [0, 0.1) is 44.8 Å². The summed E-state index contributed by atoms with van der Waals surface area (Å²) in [5.74, 6) is 1.80. The number of ether oxygens (including phenoxy) is 1. The Labute approximate surface area is 239 Å². The first kappa shape index (κ1) is 37.0. The highest BCUT2D eigenvalue weighted by atomic mass is 16.5. The molecule has 0 aliphatic heterocycles. The second-order valence-corrected chi connectivity index (χ2v) is 16.4. The summed E-state index contributed by atoms with van der Waals surface area (Å²) in [5, 5.41) is 0. The summed E-state index contributed by atoms with van der Waals surface area (Å²) in [6.07, 6.45) is 16.5. The lowest BCUT2D eigenvalue weighted by atomic mass is 9.67. The predicted molar refractivity (Wildman–Crippen MR) is 169 cm³/mol. The summed E-state index contributed by atoms with van der Waals surface area (Å²) in [6, 6.07) is 0. The van der Waals surface area contributed by atoms with Crippen molar-refractivity contribution in [2.24, 2.45) is 44.8 Å². The Morgan fingerprint density at radius 2 is 1.16 bits per heavy atom. The van der Waals surface area contributed by atoms with E-state index in [0.717, 1.165) is 38.5 Å². The van der Waals surface area contributed by atoms with E-state index < -0.39 is 5.41 Å². The van der Waals surface area contributed by atoms with Gasteiger partial charge in [0.15, 0.2) is 0 Å². The van der Waals surface area contributed by atoms with E-state index in [0.29, 0.717) is 24.4 Å². The van der Waals surface area contributed by atoms with Crippen molar-refractivity contribution in [3.63, 3.8) is 0 Å². The number of carbonyl (C=O) groups is 1. The van der Waals surface area contributed by atoms with E-state index in [-0.39, 0.29) is 27.6 Å². The van der Waals surface area contributed by atoms with Crippen molar-refractivity contribution in [1.29, 1.82) is 0 Å². The van der Waals surface area contributed by atoms with Gasteiger partial charge < -0.3 is 4.74 Å². The van der Waals surface area contributed by atoms with Crippen LogP contribution in [-0.2, 0) is 9.53 Å². The molecule has 0 bridgehead atoms. The minimum absolute atomic E-state index is 0.0433. The van der Waals surface area contributed by atoms with Crippen molar-refractivity contribution < 1.29 is 9.53 Å². The largest absolute Gasteiger partial charge is 0.461 e. The zero-order valence-electron chi connectivity index (χ0n) is 28.5. The molecule has 0 aliphatic rings. The number of rotatable bonds is 18. The molecule has 0 fully saturated rings. The molecule has 2 heteroatoms. The van der Waals surface area contributed by atoms with E-state index >= 15 is 0 Å². The van der Waals surface area contributed by atoms with Gasteiger partial charge in [-0.2, -0.15) is 0 Å². The van der Waals surface area contributed by atoms with Gasteiger partial charge in [-0.05, 0) is 84.9 Å². The third kappa shape index (κ3) is 15.5. The number of carbonyl (C=O) groups excluding carboxylic acids is 1. The predicted octanol–water partition coefficient (Wildman–Crippen LogP) is 11.5. The van der Waals surface area contributed by atoms with E-state index in [2.05, 4.69) is 122 Å². The fourth-order valence-electron chi connectivity index (χ4n) is 6.87.